The van der Waals surface area contributed by atoms with Crippen LogP contribution in [0, 0.1) is 5.92 Å². The third-order valence-corrected chi connectivity index (χ3v) is 3.79. The Morgan fingerprint density at radius 3 is 3.00 bits per heavy atom. The zero-order valence-electron chi connectivity index (χ0n) is 10.1. The van der Waals surface area contributed by atoms with E-state index < -0.39 is 0 Å². The van der Waals surface area contributed by atoms with Crippen LogP contribution in [0.15, 0.2) is 29.1 Å². The van der Waals surface area contributed by atoms with Crippen molar-refractivity contribution in [1.29, 1.82) is 0 Å². The first-order valence-electron chi connectivity index (χ1n) is 5.73. The van der Waals surface area contributed by atoms with E-state index in [9.17, 15) is 4.79 Å². The molecule has 1 aromatic carbocycles. The molecule has 2 aromatic rings. The first kappa shape index (κ1) is 13.0. The van der Waals surface area contributed by atoms with Crippen LogP contribution in [0.2, 0.25) is 0 Å². The lowest BCUT2D eigenvalue weighted by Gasteiger charge is -2.07. The molecule has 0 fully saturated rings. The van der Waals surface area contributed by atoms with E-state index in [1.807, 2.05) is 19.1 Å². The molecule has 18 heavy (non-hydrogen) atoms. The first-order chi connectivity index (χ1) is 8.72. The Balaban J connectivity index is 2.14. The molecule has 0 spiro atoms. The third-order valence-electron chi connectivity index (χ3n) is 2.56. The molecular formula is C12H15N3O2S. The van der Waals surface area contributed by atoms with Crippen LogP contribution in [0.1, 0.15) is 6.92 Å². The molecule has 1 N–H and O–H groups in total. The van der Waals surface area contributed by atoms with Gasteiger partial charge in [-0.1, -0.05) is 24.3 Å². The number of aliphatic hydroxyl groups excluding tert-OH is 1. The molecule has 0 aliphatic rings. The molecule has 0 aliphatic heterocycles. The van der Waals surface area contributed by atoms with Crippen molar-refractivity contribution in [2.45, 2.75) is 12.8 Å². The highest BCUT2D eigenvalue weighted by Gasteiger charge is 2.06. The number of aliphatic hydroxyl groups is 1. The standard InChI is InChI=1S/C12H15N3O2S/c1-9(6-16)7-18-8-15-12(17)10-4-2-3-5-11(10)13-14-15/h2-5,9,16H,6-8H2,1H3. The Bertz CT molecular complexity index is 585. The van der Waals surface area contributed by atoms with Crippen molar-refractivity contribution in [2.24, 2.45) is 5.92 Å². The molecule has 0 saturated heterocycles. The van der Waals surface area contributed by atoms with E-state index in [2.05, 4.69) is 10.3 Å². The lowest BCUT2D eigenvalue weighted by Crippen LogP contribution is -2.23. The van der Waals surface area contributed by atoms with Crippen LogP contribution in [0.4, 0.5) is 0 Å². The van der Waals surface area contributed by atoms with Gasteiger partial charge in [-0.3, -0.25) is 4.79 Å². The lowest BCUT2D eigenvalue weighted by molar-refractivity contribution is 0.250. The van der Waals surface area contributed by atoms with E-state index in [-0.39, 0.29) is 18.1 Å². The minimum Gasteiger partial charge on any atom is -0.396 e. The summed E-state index contributed by atoms with van der Waals surface area (Å²) in [7, 11) is 0. The van der Waals surface area contributed by atoms with Gasteiger partial charge in [0.15, 0.2) is 0 Å². The van der Waals surface area contributed by atoms with Crippen molar-refractivity contribution >= 4 is 22.7 Å². The Morgan fingerprint density at radius 1 is 1.44 bits per heavy atom. The third kappa shape index (κ3) is 2.88. The maximum Gasteiger partial charge on any atom is 0.278 e. The number of aromatic nitrogens is 3. The average Bonchev–Trinajstić information content (AvgIpc) is 2.41. The monoisotopic (exact) mass is 265 g/mol. The van der Waals surface area contributed by atoms with E-state index in [4.69, 9.17) is 5.11 Å². The van der Waals surface area contributed by atoms with Crippen molar-refractivity contribution in [3.05, 3.63) is 34.6 Å². The van der Waals surface area contributed by atoms with E-state index in [1.165, 1.54) is 4.68 Å². The highest BCUT2D eigenvalue weighted by atomic mass is 32.2. The molecule has 1 heterocycles. The summed E-state index contributed by atoms with van der Waals surface area (Å²) < 4.78 is 1.36. The maximum atomic E-state index is 12.1. The summed E-state index contributed by atoms with van der Waals surface area (Å²) in [5.74, 6) is 1.47. The summed E-state index contributed by atoms with van der Waals surface area (Å²) in [4.78, 5) is 12.1. The van der Waals surface area contributed by atoms with Crippen molar-refractivity contribution in [1.82, 2.24) is 15.0 Å². The van der Waals surface area contributed by atoms with Crippen molar-refractivity contribution < 1.29 is 5.11 Å². The number of benzene rings is 1. The van der Waals surface area contributed by atoms with Crippen molar-refractivity contribution in [2.75, 3.05) is 12.4 Å². The second-order valence-electron chi connectivity index (χ2n) is 4.20. The zero-order valence-corrected chi connectivity index (χ0v) is 10.9. The summed E-state index contributed by atoms with van der Waals surface area (Å²) >= 11 is 1.56. The summed E-state index contributed by atoms with van der Waals surface area (Å²) in [6.45, 7) is 2.12. The first-order valence-corrected chi connectivity index (χ1v) is 6.89. The topological polar surface area (TPSA) is 68.0 Å². The molecule has 0 saturated carbocycles. The number of thioether (sulfide) groups is 1. The summed E-state index contributed by atoms with van der Waals surface area (Å²) in [6, 6.07) is 7.17. The number of rotatable bonds is 5. The van der Waals surface area contributed by atoms with Crippen molar-refractivity contribution in [3.63, 3.8) is 0 Å². The van der Waals surface area contributed by atoms with Crippen molar-refractivity contribution in [3.8, 4) is 0 Å². The minimum absolute atomic E-state index is 0.121. The molecule has 1 atom stereocenters. The SMILES string of the molecule is CC(CO)CSCn1nnc2ccccc2c1=O. The largest absolute Gasteiger partial charge is 0.396 e. The number of hydrogen-bond donors (Lipinski definition) is 1. The highest BCUT2D eigenvalue weighted by Crippen LogP contribution is 2.10. The molecule has 1 unspecified atom stereocenters. The van der Waals surface area contributed by atoms with Crippen LogP contribution >= 0.6 is 11.8 Å². The second-order valence-corrected chi connectivity index (χ2v) is 5.20. The molecule has 0 radical (unpaired) electrons. The summed E-state index contributed by atoms with van der Waals surface area (Å²) in [6.07, 6.45) is 0. The highest BCUT2D eigenvalue weighted by molar-refractivity contribution is 7.98. The smallest absolute Gasteiger partial charge is 0.278 e. The number of fused-ring (bicyclic) bond motifs is 1. The number of nitrogens with zero attached hydrogens (tertiary/aromatic N) is 3. The number of hydrogen-bond acceptors (Lipinski definition) is 5. The van der Waals surface area contributed by atoms with Gasteiger partial charge in [0.2, 0.25) is 0 Å². The zero-order chi connectivity index (χ0) is 13.0. The molecule has 6 heteroatoms. The second kappa shape index (κ2) is 5.97. The summed E-state index contributed by atoms with van der Waals surface area (Å²) in [5.41, 5.74) is 0.497. The molecule has 0 bridgehead atoms. The Morgan fingerprint density at radius 2 is 2.22 bits per heavy atom. The van der Waals surface area contributed by atoms with Gasteiger partial charge in [-0.2, -0.15) is 0 Å². The van der Waals surface area contributed by atoms with Crippen LogP contribution in [-0.2, 0) is 5.88 Å². The van der Waals surface area contributed by atoms with E-state index in [0.717, 1.165) is 5.75 Å². The normalized spacial score (nSPS) is 12.8. The molecule has 96 valence electrons. The fourth-order valence-electron chi connectivity index (χ4n) is 1.50. The predicted octanol–water partition coefficient (Wildman–Crippen LogP) is 1.11. The van der Waals surface area contributed by atoms with Crippen LogP contribution in [0.5, 0.6) is 0 Å². The molecule has 1 aromatic heterocycles. The quantitative estimate of drug-likeness (QED) is 0.877. The van der Waals surface area contributed by atoms with Crippen LogP contribution in [-0.4, -0.2) is 32.5 Å². The molecule has 0 amide bonds. The Labute approximate surface area is 109 Å². The van der Waals surface area contributed by atoms with E-state index in [0.29, 0.717) is 16.8 Å². The minimum atomic E-state index is -0.121. The van der Waals surface area contributed by atoms with Gasteiger partial charge >= 0.3 is 0 Å². The van der Waals surface area contributed by atoms with Gasteiger partial charge in [-0.25, -0.2) is 4.68 Å². The summed E-state index contributed by atoms with van der Waals surface area (Å²) in [5, 5.41) is 17.4. The maximum absolute atomic E-state index is 12.1. The van der Waals surface area contributed by atoms with Gasteiger partial charge < -0.3 is 5.11 Å². The van der Waals surface area contributed by atoms with E-state index in [1.54, 1.807) is 23.9 Å². The predicted molar refractivity (Wildman–Crippen MR) is 72.5 cm³/mol. The Kier molecular flexibility index (Phi) is 4.33. The fourth-order valence-corrected chi connectivity index (χ4v) is 2.46. The van der Waals surface area contributed by atoms with Crippen LogP contribution in [0.25, 0.3) is 10.9 Å². The van der Waals surface area contributed by atoms with Gasteiger partial charge in [-0.05, 0) is 23.8 Å². The van der Waals surface area contributed by atoms with Crippen LogP contribution < -0.4 is 5.56 Å². The van der Waals surface area contributed by atoms with Gasteiger partial charge in [0.05, 0.1) is 11.3 Å². The van der Waals surface area contributed by atoms with Gasteiger partial charge in [0, 0.05) is 6.61 Å². The molecular weight excluding hydrogens is 250 g/mol. The van der Waals surface area contributed by atoms with Crippen LogP contribution in [0.3, 0.4) is 0 Å². The molecule has 0 aliphatic carbocycles. The molecule has 2 rings (SSSR count). The molecule has 5 nitrogen and oxygen atoms in total. The van der Waals surface area contributed by atoms with Gasteiger partial charge in [0.1, 0.15) is 5.52 Å². The lowest BCUT2D eigenvalue weighted by atomic mass is 10.2. The van der Waals surface area contributed by atoms with E-state index >= 15 is 0 Å². The van der Waals surface area contributed by atoms with Gasteiger partial charge in [-0.15, -0.1) is 16.9 Å². The fraction of sp³-hybridized carbons (Fsp3) is 0.417. The Hall–Kier alpha value is -1.40. The average molecular weight is 265 g/mol. The van der Waals surface area contributed by atoms with Gasteiger partial charge in [0.25, 0.3) is 5.56 Å².